The van der Waals surface area contributed by atoms with Crippen LogP contribution in [0, 0.1) is 5.82 Å². The molecular formula is C18H14FN3O3. The van der Waals surface area contributed by atoms with Gasteiger partial charge >= 0.3 is 6.09 Å². The Kier molecular flexibility index (Phi) is 4.30. The highest BCUT2D eigenvalue weighted by Crippen LogP contribution is 2.29. The zero-order valence-corrected chi connectivity index (χ0v) is 13.0. The van der Waals surface area contributed by atoms with Gasteiger partial charge in [0.15, 0.2) is 0 Å². The molecule has 2 aromatic carbocycles. The van der Waals surface area contributed by atoms with E-state index in [1.54, 1.807) is 36.4 Å². The molecule has 0 aliphatic heterocycles. The first-order valence-corrected chi connectivity index (χ1v) is 7.40. The van der Waals surface area contributed by atoms with Crippen LogP contribution in [-0.4, -0.2) is 22.1 Å². The lowest BCUT2D eigenvalue weighted by molar-refractivity contribution is 0.0996. The number of hydrogen-bond acceptors (Lipinski definition) is 3. The molecule has 0 saturated heterocycles. The third-order valence-electron chi connectivity index (χ3n) is 3.73. The molecule has 0 spiro atoms. The summed E-state index contributed by atoms with van der Waals surface area (Å²) in [4.78, 5) is 26.5. The summed E-state index contributed by atoms with van der Waals surface area (Å²) < 4.78 is 13.2. The van der Waals surface area contributed by atoms with E-state index in [0.29, 0.717) is 22.2 Å². The van der Waals surface area contributed by atoms with Crippen molar-refractivity contribution in [2.45, 2.75) is 6.54 Å². The van der Waals surface area contributed by atoms with Crippen LogP contribution in [0.15, 0.2) is 48.5 Å². The van der Waals surface area contributed by atoms with E-state index in [1.807, 2.05) is 0 Å². The van der Waals surface area contributed by atoms with E-state index in [0.717, 1.165) is 5.39 Å². The molecule has 3 aromatic rings. The van der Waals surface area contributed by atoms with Gasteiger partial charge in [0.2, 0.25) is 0 Å². The van der Waals surface area contributed by atoms with Crippen molar-refractivity contribution in [3.8, 4) is 11.1 Å². The molecule has 1 aromatic heterocycles. The maximum atomic E-state index is 13.2. The molecule has 0 atom stereocenters. The molecule has 0 radical (unpaired) electrons. The topological polar surface area (TPSA) is 105 Å². The molecule has 4 N–H and O–H groups in total. The predicted octanol–water partition coefficient (Wildman–Crippen LogP) is 2.91. The van der Waals surface area contributed by atoms with Gasteiger partial charge in [0.05, 0.1) is 5.52 Å². The third kappa shape index (κ3) is 3.55. The van der Waals surface area contributed by atoms with Crippen molar-refractivity contribution in [2.24, 2.45) is 5.73 Å². The Balaban J connectivity index is 2.16. The fourth-order valence-electron chi connectivity index (χ4n) is 2.56. The van der Waals surface area contributed by atoms with E-state index < -0.39 is 12.0 Å². The molecule has 126 valence electrons. The van der Waals surface area contributed by atoms with Gasteiger partial charge in [-0.05, 0) is 41.0 Å². The van der Waals surface area contributed by atoms with E-state index in [-0.39, 0.29) is 18.1 Å². The van der Waals surface area contributed by atoms with Crippen molar-refractivity contribution in [1.29, 1.82) is 0 Å². The van der Waals surface area contributed by atoms with E-state index in [9.17, 15) is 14.0 Å². The van der Waals surface area contributed by atoms with E-state index in [2.05, 4.69) is 10.3 Å². The minimum atomic E-state index is -1.13. The number of nitrogens with zero attached hydrogens (tertiary/aromatic N) is 1. The molecular weight excluding hydrogens is 325 g/mol. The average Bonchev–Trinajstić information content (AvgIpc) is 2.59. The number of fused-ring (bicyclic) bond motifs is 1. The molecule has 7 heteroatoms. The highest BCUT2D eigenvalue weighted by molar-refractivity contribution is 6.00. The summed E-state index contributed by atoms with van der Waals surface area (Å²) in [5.41, 5.74) is 8.04. The first kappa shape index (κ1) is 16.4. The number of halogens is 1. The van der Waals surface area contributed by atoms with Crippen LogP contribution in [-0.2, 0) is 6.54 Å². The number of amides is 2. The maximum Gasteiger partial charge on any atom is 0.404 e. The molecule has 0 aliphatic carbocycles. The molecule has 0 unspecified atom stereocenters. The number of aromatic nitrogens is 1. The first-order chi connectivity index (χ1) is 11.9. The number of pyridine rings is 1. The molecule has 0 saturated carbocycles. The number of benzene rings is 2. The molecule has 1 heterocycles. The second-order valence-electron chi connectivity index (χ2n) is 5.44. The number of primary amides is 1. The SMILES string of the molecule is NC(=O)c1cc(-c2ccc(F)cc2)c2ccc(CNC(=O)O)cc2n1. The average molecular weight is 339 g/mol. The fraction of sp³-hybridized carbons (Fsp3) is 0.0556. The Morgan fingerprint density at radius 2 is 1.84 bits per heavy atom. The van der Waals surface area contributed by atoms with Gasteiger partial charge in [0.1, 0.15) is 11.5 Å². The third-order valence-corrected chi connectivity index (χ3v) is 3.73. The number of nitrogens with two attached hydrogens (primary N) is 1. The van der Waals surface area contributed by atoms with Crippen LogP contribution >= 0.6 is 0 Å². The molecule has 0 fully saturated rings. The highest BCUT2D eigenvalue weighted by atomic mass is 19.1. The molecule has 0 aliphatic rings. The first-order valence-electron chi connectivity index (χ1n) is 7.40. The number of carbonyl (C=O) groups excluding carboxylic acids is 1. The predicted molar refractivity (Wildman–Crippen MR) is 90.5 cm³/mol. The van der Waals surface area contributed by atoms with Gasteiger partial charge in [-0.1, -0.05) is 24.3 Å². The standard InChI is InChI=1S/C18H14FN3O3/c19-12-4-2-11(3-5-12)14-8-16(17(20)23)22-15-7-10(1-6-13(14)15)9-21-18(24)25/h1-8,21H,9H2,(H2,20,23)(H,24,25). The molecule has 0 bridgehead atoms. The smallest absolute Gasteiger partial charge is 0.404 e. The van der Waals surface area contributed by atoms with E-state index >= 15 is 0 Å². The van der Waals surface area contributed by atoms with E-state index in [1.165, 1.54) is 12.1 Å². The number of nitrogens with one attached hydrogen (secondary N) is 1. The second kappa shape index (κ2) is 6.56. The number of rotatable bonds is 4. The Bertz CT molecular complexity index is 971. The van der Waals surface area contributed by atoms with Crippen molar-refractivity contribution < 1.29 is 19.1 Å². The molecule has 3 rings (SSSR count). The van der Waals surface area contributed by atoms with Crippen LogP contribution in [0.25, 0.3) is 22.0 Å². The largest absolute Gasteiger partial charge is 0.465 e. The number of hydrogen-bond donors (Lipinski definition) is 3. The highest BCUT2D eigenvalue weighted by Gasteiger charge is 2.12. The van der Waals surface area contributed by atoms with Gasteiger partial charge in [-0.15, -0.1) is 0 Å². The van der Waals surface area contributed by atoms with Crippen LogP contribution in [0.4, 0.5) is 9.18 Å². The summed E-state index contributed by atoms with van der Waals surface area (Å²) in [6.45, 7) is 0.111. The summed E-state index contributed by atoms with van der Waals surface area (Å²) >= 11 is 0. The van der Waals surface area contributed by atoms with Gasteiger partial charge in [0, 0.05) is 11.9 Å². The van der Waals surface area contributed by atoms with Gasteiger partial charge in [-0.3, -0.25) is 4.79 Å². The van der Waals surface area contributed by atoms with Gasteiger partial charge in [0.25, 0.3) is 5.91 Å². The van der Waals surface area contributed by atoms with Gasteiger partial charge in [-0.25, -0.2) is 14.2 Å². The van der Waals surface area contributed by atoms with Crippen molar-refractivity contribution in [3.05, 3.63) is 65.6 Å². The van der Waals surface area contributed by atoms with Crippen LogP contribution in [0.3, 0.4) is 0 Å². The Morgan fingerprint density at radius 3 is 2.48 bits per heavy atom. The van der Waals surface area contributed by atoms with Crippen LogP contribution in [0.2, 0.25) is 0 Å². The van der Waals surface area contributed by atoms with Crippen molar-refractivity contribution in [3.63, 3.8) is 0 Å². The lowest BCUT2D eigenvalue weighted by Gasteiger charge is -2.10. The van der Waals surface area contributed by atoms with Crippen LogP contribution in [0.5, 0.6) is 0 Å². The van der Waals surface area contributed by atoms with Crippen molar-refractivity contribution in [2.75, 3.05) is 0 Å². The Labute approximate surface area is 142 Å². The lowest BCUT2D eigenvalue weighted by atomic mass is 9.98. The maximum absolute atomic E-state index is 13.2. The quantitative estimate of drug-likeness (QED) is 0.679. The summed E-state index contributed by atoms with van der Waals surface area (Å²) in [5, 5.41) is 11.7. The molecule has 2 amide bonds. The Hall–Kier alpha value is -3.48. The minimum Gasteiger partial charge on any atom is -0.465 e. The zero-order chi connectivity index (χ0) is 18.0. The minimum absolute atomic E-state index is 0.0789. The second-order valence-corrected chi connectivity index (χ2v) is 5.44. The lowest BCUT2D eigenvalue weighted by Crippen LogP contribution is -2.19. The molecule has 25 heavy (non-hydrogen) atoms. The van der Waals surface area contributed by atoms with Crippen LogP contribution in [0.1, 0.15) is 16.1 Å². The fourth-order valence-corrected chi connectivity index (χ4v) is 2.56. The monoisotopic (exact) mass is 339 g/mol. The number of carbonyl (C=O) groups is 2. The summed E-state index contributed by atoms with van der Waals surface area (Å²) in [6, 6.07) is 12.7. The van der Waals surface area contributed by atoms with E-state index in [4.69, 9.17) is 10.8 Å². The zero-order valence-electron chi connectivity index (χ0n) is 13.0. The summed E-state index contributed by atoms with van der Waals surface area (Å²) in [6.07, 6.45) is -1.13. The summed E-state index contributed by atoms with van der Waals surface area (Å²) in [5.74, 6) is -1.04. The number of carboxylic acid groups (broad SMARTS) is 1. The van der Waals surface area contributed by atoms with Crippen LogP contribution < -0.4 is 11.1 Å². The Morgan fingerprint density at radius 1 is 1.12 bits per heavy atom. The van der Waals surface area contributed by atoms with Gasteiger partial charge < -0.3 is 16.2 Å². The van der Waals surface area contributed by atoms with Gasteiger partial charge in [-0.2, -0.15) is 0 Å². The summed E-state index contributed by atoms with van der Waals surface area (Å²) in [7, 11) is 0. The van der Waals surface area contributed by atoms with Crippen molar-refractivity contribution in [1.82, 2.24) is 10.3 Å². The van der Waals surface area contributed by atoms with Crippen molar-refractivity contribution >= 4 is 22.9 Å². The normalized spacial score (nSPS) is 10.6. The molecule has 6 nitrogen and oxygen atoms in total.